The molecule has 0 saturated heterocycles. The molecule has 13 heavy (non-hydrogen) atoms. The Bertz CT molecular complexity index is 162. The Labute approximate surface area is 88.6 Å². The molecule has 0 N–H and O–H groups in total. The summed E-state index contributed by atoms with van der Waals surface area (Å²) in [4.78, 5) is 13.2. The van der Waals surface area contributed by atoms with Crippen LogP contribution < -0.4 is 0 Å². The lowest BCUT2D eigenvalue weighted by Gasteiger charge is -2.21. The molecule has 3 nitrogen and oxygen atoms in total. The average molecular weight is 252 g/mol. The summed E-state index contributed by atoms with van der Waals surface area (Å²) in [5.41, 5.74) is 0. The second kappa shape index (κ2) is 6.38. The molecule has 0 heterocycles. The Balaban J connectivity index is 3.94. The summed E-state index contributed by atoms with van der Waals surface area (Å²) < 4.78 is 4.89. The lowest BCUT2D eigenvalue weighted by atomic mass is 10.1. The molecule has 0 fully saturated rings. The molecule has 0 bridgehead atoms. The molecule has 0 aliphatic heterocycles. The molecule has 1 amide bonds. The van der Waals surface area contributed by atoms with Crippen LogP contribution in [0.25, 0.3) is 0 Å². The molecule has 0 aliphatic rings. The lowest BCUT2D eigenvalue weighted by Crippen LogP contribution is -2.37. The summed E-state index contributed by atoms with van der Waals surface area (Å²) in [6, 6.07) is 0. The van der Waals surface area contributed by atoms with Crippen LogP contribution in [-0.4, -0.2) is 42.9 Å². The summed E-state index contributed by atoms with van der Waals surface area (Å²) in [7, 11) is 3.42. The number of halogens is 1. The standard InChI is InChI=1S/C9H18BrNO2/c1-7(2)8(10)9(12)11(3)5-6-13-4/h7-8H,5-6H2,1-4H3. The molecular weight excluding hydrogens is 234 g/mol. The zero-order valence-electron chi connectivity index (χ0n) is 8.71. The minimum Gasteiger partial charge on any atom is -0.383 e. The van der Waals surface area contributed by atoms with Gasteiger partial charge in [-0.1, -0.05) is 29.8 Å². The van der Waals surface area contributed by atoms with Crippen LogP contribution in [0, 0.1) is 5.92 Å². The highest BCUT2D eigenvalue weighted by Gasteiger charge is 2.21. The van der Waals surface area contributed by atoms with Crippen LogP contribution in [0.15, 0.2) is 0 Å². The fourth-order valence-electron chi connectivity index (χ4n) is 0.834. The van der Waals surface area contributed by atoms with Crippen LogP contribution in [-0.2, 0) is 9.53 Å². The Kier molecular flexibility index (Phi) is 6.33. The molecule has 0 aromatic rings. The highest BCUT2D eigenvalue weighted by atomic mass is 79.9. The maximum Gasteiger partial charge on any atom is 0.236 e. The first kappa shape index (κ1) is 12.9. The molecule has 1 atom stereocenters. The number of ether oxygens (including phenoxy) is 1. The Morgan fingerprint density at radius 2 is 2.08 bits per heavy atom. The van der Waals surface area contributed by atoms with Crippen LogP contribution in [0.3, 0.4) is 0 Å². The van der Waals surface area contributed by atoms with E-state index in [0.717, 1.165) is 0 Å². The number of carbonyl (C=O) groups excluding carboxylic acids is 1. The molecule has 0 radical (unpaired) electrons. The van der Waals surface area contributed by atoms with Crippen molar-refractivity contribution in [2.45, 2.75) is 18.7 Å². The Morgan fingerprint density at radius 3 is 2.46 bits per heavy atom. The van der Waals surface area contributed by atoms with Gasteiger partial charge in [0.25, 0.3) is 0 Å². The largest absolute Gasteiger partial charge is 0.383 e. The minimum atomic E-state index is -0.0886. The fourth-order valence-corrected chi connectivity index (χ4v) is 1.18. The van der Waals surface area contributed by atoms with E-state index in [4.69, 9.17) is 4.74 Å². The van der Waals surface area contributed by atoms with Crippen molar-refractivity contribution in [2.75, 3.05) is 27.3 Å². The lowest BCUT2D eigenvalue weighted by molar-refractivity contribution is -0.130. The maximum absolute atomic E-state index is 11.6. The SMILES string of the molecule is COCCN(C)C(=O)C(Br)C(C)C. The van der Waals surface area contributed by atoms with Gasteiger partial charge in [0.1, 0.15) is 0 Å². The van der Waals surface area contributed by atoms with Gasteiger partial charge in [0, 0.05) is 20.7 Å². The first-order valence-electron chi connectivity index (χ1n) is 4.38. The number of hydrogen-bond donors (Lipinski definition) is 0. The van der Waals surface area contributed by atoms with Gasteiger partial charge >= 0.3 is 0 Å². The summed E-state index contributed by atoms with van der Waals surface area (Å²) in [6.45, 7) is 5.26. The van der Waals surface area contributed by atoms with Crippen molar-refractivity contribution in [1.82, 2.24) is 4.90 Å². The van der Waals surface area contributed by atoms with E-state index >= 15 is 0 Å². The van der Waals surface area contributed by atoms with E-state index in [1.54, 1.807) is 19.1 Å². The third-order valence-electron chi connectivity index (χ3n) is 1.83. The molecule has 0 aromatic heterocycles. The van der Waals surface area contributed by atoms with Crippen molar-refractivity contribution in [3.05, 3.63) is 0 Å². The molecule has 0 saturated carbocycles. The Morgan fingerprint density at radius 1 is 1.54 bits per heavy atom. The van der Waals surface area contributed by atoms with E-state index in [1.165, 1.54) is 0 Å². The quantitative estimate of drug-likeness (QED) is 0.694. The van der Waals surface area contributed by atoms with E-state index in [0.29, 0.717) is 19.1 Å². The van der Waals surface area contributed by atoms with Crippen molar-refractivity contribution in [2.24, 2.45) is 5.92 Å². The molecule has 1 unspecified atom stereocenters. The van der Waals surface area contributed by atoms with Crippen LogP contribution in [0.4, 0.5) is 0 Å². The first-order chi connectivity index (χ1) is 6.00. The van der Waals surface area contributed by atoms with E-state index < -0.39 is 0 Å². The van der Waals surface area contributed by atoms with Crippen LogP contribution in [0.1, 0.15) is 13.8 Å². The van der Waals surface area contributed by atoms with E-state index in [-0.39, 0.29) is 10.7 Å². The summed E-state index contributed by atoms with van der Waals surface area (Å²) >= 11 is 3.37. The summed E-state index contributed by atoms with van der Waals surface area (Å²) in [5.74, 6) is 0.435. The van der Waals surface area contributed by atoms with Gasteiger partial charge in [-0.2, -0.15) is 0 Å². The number of hydrogen-bond acceptors (Lipinski definition) is 2. The molecule has 78 valence electrons. The minimum absolute atomic E-state index is 0.0886. The third-order valence-corrected chi connectivity index (χ3v) is 3.28. The smallest absolute Gasteiger partial charge is 0.236 e. The van der Waals surface area contributed by atoms with Crippen LogP contribution >= 0.6 is 15.9 Å². The molecular formula is C9H18BrNO2. The van der Waals surface area contributed by atoms with Gasteiger partial charge in [-0.3, -0.25) is 4.79 Å². The first-order valence-corrected chi connectivity index (χ1v) is 5.30. The summed E-state index contributed by atoms with van der Waals surface area (Å²) in [6.07, 6.45) is 0. The molecule has 0 rings (SSSR count). The average Bonchev–Trinajstić information content (AvgIpc) is 2.11. The summed E-state index contributed by atoms with van der Waals surface area (Å²) in [5, 5.41) is 0. The van der Waals surface area contributed by atoms with Crippen molar-refractivity contribution >= 4 is 21.8 Å². The molecule has 0 aromatic carbocycles. The van der Waals surface area contributed by atoms with Crippen molar-refractivity contribution < 1.29 is 9.53 Å². The molecule has 0 aliphatic carbocycles. The van der Waals surface area contributed by atoms with Crippen molar-refractivity contribution in [3.8, 4) is 0 Å². The van der Waals surface area contributed by atoms with Gasteiger partial charge in [0.05, 0.1) is 11.4 Å². The topological polar surface area (TPSA) is 29.5 Å². The third kappa shape index (κ3) is 4.62. The van der Waals surface area contributed by atoms with Crippen molar-refractivity contribution in [1.29, 1.82) is 0 Å². The number of nitrogens with zero attached hydrogens (tertiary/aromatic N) is 1. The van der Waals surface area contributed by atoms with Crippen LogP contribution in [0.2, 0.25) is 0 Å². The second-order valence-corrected chi connectivity index (χ2v) is 4.38. The highest BCUT2D eigenvalue weighted by Crippen LogP contribution is 2.14. The van der Waals surface area contributed by atoms with Gasteiger partial charge in [0.15, 0.2) is 0 Å². The predicted molar refractivity (Wildman–Crippen MR) is 57.1 cm³/mol. The number of alkyl halides is 1. The highest BCUT2D eigenvalue weighted by molar-refractivity contribution is 9.10. The number of rotatable bonds is 5. The predicted octanol–water partition coefficient (Wildman–Crippen LogP) is 1.51. The zero-order chi connectivity index (χ0) is 10.4. The zero-order valence-corrected chi connectivity index (χ0v) is 10.3. The number of carbonyl (C=O) groups is 1. The maximum atomic E-state index is 11.6. The molecule has 0 spiro atoms. The number of methoxy groups -OCH3 is 1. The Hall–Kier alpha value is -0.0900. The fraction of sp³-hybridized carbons (Fsp3) is 0.889. The van der Waals surface area contributed by atoms with Gasteiger partial charge in [-0.15, -0.1) is 0 Å². The normalized spacial score (nSPS) is 13.1. The van der Waals surface area contributed by atoms with Gasteiger partial charge in [-0.25, -0.2) is 0 Å². The number of amides is 1. The van der Waals surface area contributed by atoms with Crippen molar-refractivity contribution in [3.63, 3.8) is 0 Å². The van der Waals surface area contributed by atoms with E-state index in [1.807, 2.05) is 13.8 Å². The van der Waals surface area contributed by atoms with Gasteiger partial charge < -0.3 is 9.64 Å². The van der Waals surface area contributed by atoms with Crippen LogP contribution in [0.5, 0.6) is 0 Å². The van der Waals surface area contributed by atoms with Gasteiger partial charge in [0.2, 0.25) is 5.91 Å². The van der Waals surface area contributed by atoms with Gasteiger partial charge in [-0.05, 0) is 5.92 Å². The van der Waals surface area contributed by atoms with E-state index in [2.05, 4.69) is 15.9 Å². The second-order valence-electron chi connectivity index (χ2n) is 3.40. The monoisotopic (exact) mass is 251 g/mol. The molecule has 4 heteroatoms. The van der Waals surface area contributed by atoms with E-state index in [9.17, 15) is 4.79 Å². The number of likely N-dealkylation sites (N-methyl/N-ethyl adjacent to an activating group) is 1.